The van der Waals surface area contributed by atoms with E-state index in [1.165, 1.54) is 27.8 Å². The molecular weight excluding hydrogens is 403 g/mol. The fraction of sp³-hybridized carbons (Fsp3) is 0.143. The van der Waals surface area contributed by atoms with E-state index >= 15 is 0 Å². The van der Waals surface area contributed by atoms with Crippen molar-refractivity contribution >= 4 is 21.6 Å². The molecule has 0 saturated heterocycles. The van der Waals surface area contributed by atoms with Crippen molar-refractivity contribution in [1.29, 1.82) is 0 Å². The van der Waals surface area contributed by atoms with Gasteiger partial charge < -0.3 is 0 Å². The van der Waals surface area contributed by atoms with Crippen LogP contribution in [0.5, 0.6) is 0 Å². The molecule has 0 fully saturated rings. The van der Waals surface area contributed by atoms with E-state index in [-0.39, 0.29) is 17.6 Å². The summed E-state index contributed by atoms with van der Waals surface area (Å²) in [5, 5.41) is -0.0614. The van der Waals surface area contributed by atoms with Crippen molar-refractivity contribution in [3.05, 3.63) is 143 Å². The highest BCUT2D eigenvalue weighted by atomic mass is 35.5. The summed E-state index contributed by atoms with van der Waals surface area (Å²) in [6, 6.07) is 41.4. The zero-order valence-corrected chi connectivity index (χ0v) is 19.0. The minimum atomic E-state index is -0.0614. The summed E-state index contributed by atoms with van der Waals surface area (Å²) in [4.78, 5) is 0. The molecule has 1 unspecified atom stereocenters. The first-order valence-electron chi connectivity index (χ1n) is 10.2. The van der Waals surface area contributed by atoms with E-state index in [2.05, 4.69) is 125 Å². The van der Waals surface area contributed by atoms with Gasteiger partial charge in [0.1, 0.15) is 0 Å². The molecule has 30 heavy (non-hydrogen) atoms. The van der Waals surface area contributed by atoms with Gasteiger partial charge in [-0.05, 0) is 47.1 Å². The number of benzene rings is 4. The first-order valence-corrected chi connectivity index (χ1v) is 10.8. The molecule has 2 heteroatoms. The van der Waals surface area contributed by atoms with Crippen LogP contribution in [0.15, 0.2) is 115 Å². The van der Waals surface area contributed by atoms with Crippen LogP contribution < -0.4 is 0 Å². The number of halogens is 1. The zero-order valence-electron chi connectivity index (χ0n) is 17.1. The predicted octanol–water partition coefficient (Wildman–Crippen LogP) is 7.26. The highest BCUT2D eigenvalue weighted by Crippen LogP contribution is 2.41. The van der Waals surface area contributed by atoms with E-state index in [1.54, 1.807) is 0 Å². The monoisotopic (exact) mass is 430 g/mol. The van der Waals surface area contributed by atoms with Gasteiger partial charge >= 0.3 is 0 Å². The van der Waals surface area contributed by atoms with Gasteiger partial charge in [-0.1, -0.05) is 115 Å². The van der Waals surface area contributed by atoms with E-state index in [0.717, 1.165) is 19.3 Å². The van der Waals surface area contributed by atoms with Crippen molar-refractivity contribution in [3.8, 4) is 0 Å². The maximum atomic E-state index is 3.23. The molecule has 0 aliphatic rings. The Labute approximate surface area is 189 Å². The van der Waals surface area contributed by atoms with E-state index in [1.807, 2.05) is 0 Å². The van der Waals surface area contributed by atoms with Crippen LogP contribution in [0.4, 0.5) is 0 Å². The normalized spacial score (nSPS) is 11.0. The molecule has 4 aromatic carbocycles. The predicted molar refractivity (Wildman–Crippen MR) is 135 cm³/mol. The smallest absolute Gasteiger partial charge is 0.0180 e. The molecule has 0 heterocycles. The minimum Gasteiger partial charge on any atom is -0.147 e. The molecule has 0 amide bonds. The summed E-state index contributed by atoms with van der Waals surface area (Å²) in [5.41, 5.74) is 6.91. The Balaban J connectivity index is 0.00000256. The third-order valence-electron chi connectivity index (χ3n) is 5.52. The second kappa shape index (κ2) is 10.6. The summed E-state index contributed by atoms with van der Waals surface area (Å²) in [6.45, 7) is 0. The van der Waals surface area contributed by atoms with Gasteiger partial charge in [0.05, 0.1) is 0 Å². The molecule has 0 bridgehead atoms. The Hall–Kier alpha value is -2.40. The number of rotatable bonds is 7. The van der Waals surface area contributed by atoms with Crippen molar-refractivity contribution in [1.82, 2.24) is 0 Å². The zero-order chi connectivity index (χ0) is 19.9. The summed E-state index contributed by atoms with van der Waals surface area (Å²) in [5.74, 6) is 0. The molecule has 0 spiro atoms. The van der Waals surface area contributed by atoms with Gasteiger partial charge in [-0.2, -0.15) is 0 Å². The molecule has 4 aromatic rings. The molecule has 1 atom stereocenters. The molecule has 152 valence electrons. The highest BCUT2D eigenvalue weighted by molar-refractivity contribution is 7.18. The lowest BCUT2D eigenvalue weighted by Crippen LogP contribution is -2.26. The Bertz CT molecular complexity index is 988. The van der Waals surface area contributed by atoms with Crippen LogP contribution in [-0.2, 0) is 24.4 Å². The van der Waals surface area contributed by atoms with Gasteiger partial charge in [0.15, 0.2) is 0 Å². The van der Waals surface area contributed by atoms with Crippen LogP contribution >= 0.6 is 21.6 Å². The lowest BCUT2D eigenvalue weighted by atomic mass is 9.82. The number of hydrogen-bond acceptors (Lipinski definition) is 0. The van der Waals surface area contributed by atoms with Crippen LogP contribution in [0, 0.1) is 0 Å². The van der Waals surface area contributed by atoms with Crippen molar-refractivity contribution in [2.24, 2.45) is 0 Å². The standard InChI is InChI=1S/C28H27P.ClH/c29-28(21-24-14-6-2-7-15-24,22-25-16-8-3-9-17-25)27-19-11-10-18-26(27)20-23-12-4-1-5-13-23;/h1-19H,20-22,29H2;1H. The van der Waals surface area contributed by atoms with E-state index in [9.17, 15) is 0 Å². The Morgan fingerprint density at radius 1 is 0.500 bits per heavy atom. The molecule has 0 N–H and O–H groups in total. The van der Waals surface area contributed by atoms with Crippen LogP contribution in [-0.4, -0.2) is 0 Å². The summed E-state index contributed by atoms with van der Waals surface area (Å²) in [6.07, 6.45) is 2.93. The third-order valence-corrected chi connectivity index (χ3v) is 6.24. The maximum absolute atomic E-state index is 3.23. The molecule has 0 aliphatic heterocycles. The SMILES string of the molecule is Cl.PC(Cc1ccccc1)(Cc1ccccc1)c1ccccc1Cc1ccccc1. The first-order chi connectivity index (χ1) is 14.2. The molecule has 0 nitrogen and oxygen atoms in total. The maximum Gasteiger partial charge on any atom is 0.0180 e. The van der Waals surface area contributed by atoms with Crippen LogP contribution in [0.1, 0.15) is 27.8 Å². The second-order valence-electron chi connectivity index (χ2n) is 7.80. The van der Waals surface area contributed by atoms with E-state index in [0.29, 0.717) is 0 Å². The highest BCUT2D eigenvalue weighted by Gasteiger charge is 2.30. The van der Waals surface area contributed by atoms with Crippen molar-refractivity contribution in [2.75, 3.05) is 0 Å². The third kappa shape index (κ3) is 5.60. The summed E-state index contributed by atoms with van der Waals surface area (Å²) < 4.78 is 0. The van der Waals surface area contributed by atoms with Crippen molar-refractivity contribution in [3.63, 3.8) is 0 Å². The quantitative estimate of drug-likeness (QED) is 0.271. The average molecular weight is 431 g/mol. The van der Waals surface area contributed by atoms with Crippen LogP contribution in [0.3, 0.4) is 0 Å². The molecule has 0 saturated carbocycles. The second-order valence-corrected chi connectivity index (χ2v) is 8.91. The van der Waals surface area contributed by atoms with Gasteiger partial charge in [0.2, 0.25) is 0 Å². The van der Waals surface area contributed by atoms with Gasteiger partial charge in [0.25, 0.3) is 0 Å². The summed E-state index contributed by atoms with van der Waals surface area (Å²) in [7, 11) is 3.23. The van der Waals surface area contributed by atoms with Crippen LogP contribution in [0.2, 0.25) is 0 Å². The largest absolute Gasteiger partial charge is 0.147 e. The number of hydrogen-bond donors (Lipinski definition) is 0. The van der Waals surface area contributed by atoms with Crippen molar-refractivity contribution in [2.45, 2.75) is 24.4 Å². The van der Waals surface area contributed by atoms with E-state index < -0.39 is 0 Å². The fourth-order valence-corrected chi connectivity index (χ4v) is 4.90. The average Bonchev–Trinajstić information content (AvgIpc) is 2.76. The molecular formula is C28H28ClP. The Morgan fingerprint density at radius 2 is 0.900 bits per heavy atom. The Morgan fingerprint density at radius 3 is 1.40 bits per heavy atom. The van der Waals surface area contributed by atoms with Gasteiger partial charge in [-0.25, -0.2) is 0 Å². The fourth-order valence-electron chi connectivity index (χ4n) is 4.15. The lowest BCUT2D eigenvalue weighted by molar-refractivity contribution is 0.608. The first kappa shape index (κ1) is 22.3. The Kier molecular flexibility index (Phi) is 7.86. The minimum absolute atomic E-state index is 0. The molecule has 0 aliphatic carbocycles. The molecule has 0 radical (unpaired) electrons. The van der Waals surface area contributed by atoms with Gasteiger partial charge in [0, 0.05) is 5.16 Å². The van der Waals surface area contributed by atoms with Gasteiger partial charge in [-0.3, -0.25) is 0 Å². The summed E-state index contributed by atoms with van der Waals surface area (Å²) >= 11 is 0. The lowest BCUT2D eigenvalue weighted by Gasteiger charge is -2.33. The van der Waals surface area contributed by atoms with E-state index in [4.69, 9.17) is 0 Å². The van der Waals surface area contributed by atoms with Crippen molar-refractivity contribution < 1.29 is 0 Å². The molecule has 4 rings (SSSR count). The van der Waals surface area contributed by atoms with Crippen LogP contribution in [0.25, 0.3) is 0 Å². The topological polar surface area (TPSA) is 0 Å². The van der Waals surface area contributed by atoms with Gasteiger partial charge in [-0.15, -0.1) is 21.6 Å². The molecule has 0 aromatic heterocycles.